The molecule has 1 heterocycles. The third kappa shape index (κ3) is 2.22. The summed E-state index contributed by atoms with van der Waals surface area (Å²) in [5.74, 6) is 0.992. The summed E-state index contributed by atoms with van der Waals surface area (Å²) in [6.07, 6.45) is 12.1. The van der Waals surface area contributed by atoms with Gasteiger partial charge in [0.15, 0.2) is 6.23 Å². The molecule has 0 aromatic heterocycles. The van der Waals surface area contributed by atoms with Gasteiger partial charge in [-0.1, -0.05) is 25.0 Å². The van der Waals surface area contributed by atoms with E-state index in [1.807, 2.05) is 0 Å². The number of ether oxygens (including phenoxy) is 2. The second-order valence-electron chi connectivity index (χ2n) is 5.66. The fraction of sp³-hybridized carbons (Fsp3) is 0.733. The SMILES string of the molecule is COC1=C2C=CCCC23CCCCC3NC1OC.Cl. The van der Waals surface area contributed by atoms with E-state index in [0.29, 0.717) is 11.5 Å². The predicted molar refractivity (Wildman–Crippen MR) is 78.3 cm³/mol. The summed E-state index contributed by atoms with van der Waals surface area (Å²) in [6.45, 7) is 0. The lowest BCUT2D eigenvalue weighted by molar-refractivity contribution is -0.00569. The van der Waals surface area contributed by atoms with Crippen molar-refractivity contribution in [3.63, 3.8) is 0 Å². The minimum atomic E-state index is -0.0797. The Morgan fingerprint density at radius 2 is 2.11 bits per heavy atom. The Morgan fingerprint density at radius 1 is 1.26 bits per heavy atom. The molecule has 1 saturated carbocycles. The van der Waals surface area contributed by atoms with Crippen LogP contribution >= 0.6 is 12.4 Å². The number of methoxy groups -OCH3 is 2. The van der Waals surface area contributed by atoms with E-state index < -0.39 is 0 Å². The predicted octanol–water partition coefficient (Wildman–Crippen LogP) is 3.16. The second kappa shape index (κ2) is 5.86. The molecule has 0 radical (unpaired) electrons. The highest BCUT2D eigenvalue weighted by atomic mass is 35.5. The van der Waals surface area contributed by atoms with Crippen molar-refractivity contribution in [3.05, 3.63) is 23.5 Å². The zero-order chi connectivity index (χ0) is 12.6. The Morgan fingerprint density at radius 3 is 2.84 bits per heavy atom. The van der Waals surface area contributed by atoms with Gasteiger partial charge in [0.1, 0.15) is 5.76 Å². The molecule has 0 aromatic rings. The Bertz CT molecular complexity index is 394. The average Bonchev–Trinajstić information content (AvgIpc) is 2.43. The Balaban J connectivity index is 0.00000133. The zero-order valence-corrected chi connectivity index (χ0v) is 12.6. The van der Waals surface area contributed by atoms with Gasteiger partial charge in [-0.25, -0.2) is 0 Å². The van der Waals surface area contributed by atoms with Crippen LogP contribution < -0.4 is 5.32 Å². The van der Waals surface area contributed by atoms with Crippen molar-refractivity contribution < 1.29 is 9.47 Å². The smallest absolute Gasteiger partial charge is 0.166 e. The first-order valence-corrected chi connectivity index (χ1v) is 7.06. The fourth-order valence-corrected chi connectivity index (χ4v) is 4.07. The molecule has 108 valence electrons. The van der Waals surface area contributed by atoms with E-state index in [2.05, 4.69) is 17.5 Å². The first-order valence-electron chi connectivity index (χ1n) is 7.06. The van der Waals surface area contributed by atoms with Crippen LogP contribution in [-0.2, 0) is 9.47 Å². The van der Waals surface area contributed by atoms with Crippen LogP contribution in [0.25, 0.3) is 0 Å². The van der Waals surface area contributed by atoms with E-state index in [1.165, 1.54) is 44.1 Å². The van der Waals surface area contributed by atoms with Crippen LogP contribution in [0.5, 0.6) is 0 Å². The van der Waals surface area contributed by atoms with Crippen molar-refractivity contribution in [2.75, 3.05) is 14.2 Å². The molecule has 1 spiro atoms. The van der Waals surface area contributed by atoms with Gasteiger partial charge in [0, 0.05) is 24.1 Å². The number of allylic oxidation sites excluding steroid dienone is 2. The summed E-state index contributed by atoms with van der Waals surface area (Å²) in [5.41, 5.74) is 1.69. The number of rotatable bonds is 2. The van der Waals surface area contributed by atoms with Crippen LogP contribution in [0, 0.1) is 5.41 Å². The molecular formula is C15H24ClNO2. The van der Waals surface area contributed by atoms with Gasteiger partial charge in [0.25, 0.3) is 0 Å². The number of halogens is 1. The third-order valence-corrected chi connectivity index (χ3v) is 4.92. The average molecular weight is 286 g/mol. The highest BCUT2D eigenvalue weighted by molar-refractivity contribution is 5.85. The van der Waals surface area contributed by atoms with Crippen molar-refractivity contribution in [1.29, 1.82) is 0 Å². The fourth-order valence-electron chi connectivity index (χ4n) is 4.07. The molecule has 3 nitrogen and oxygen atoms in total. The minimum absolute atomic E-state index is 0. The number of hydrogen-bond acceptors (Lipinski definition) is 3. The van der Waals surface area contributed by atoms with Crippen molar-refractivity contribution in [2.24, 2.45) is 5.41 Å². The first kappa shape index (κ1) is 14.9. The molecule has 0 aromatic carbocycles. The maximum atomic E-state index is 5.65. The molecule has 1 aliphatic heterocycles. The van der Waals surface area contributed by atoms with E-state index in [0.717, 1.165) is 5.76 Å². The minimum Gasteiger partial charge on any atom is -0.497 e. The lowest BCUT2D eigenvalue weighted by Gasteiger charge is -2.52. The summed E-state index contributed by atoms with van der Waals surface area (Å²) in [5, 5.41) is 3.66. The number of hydrogen-bond donors (Lipinski definition) is 1. The lowest BCUT2D eigenvalue weighted by atomic mass is 9.60. The monoisotopic (exact) mass is 285 g/mol. The number of nitrogens with one attached hydrogen (secondary N) is 1. The summed E-state index contributed by atoms with van der Waals surface area (Å²) in [6, 6.07) is 0.551. The molecule has 0 amide bonds. The molecule has 1 N–H and O–H groups in total. The normalized spacial score (nSPS) is 37.2. The molecule has 19 heavy (non-hydrogen) atoms. The maximum Gasteiger partial charge on any atom is 0.166 e. The molecule has 3 atom stereocenters. The van der Waals surface area contributed by atoms with Crippen molar-refractivity contribution in [3.8, 4) is 0 Å². The van der Waals surface area contributed by atoms with E-state index in [-0.39, 0.29) is 18.6 Å². The van der Waals surface area contributed by atoms with E-state index in [1.54, 1.807) is 14.2 Å². The van der Waals surface area contributed by atoms with Gasteiger partial charge in [0.2, 0.25) is 0 Å². The van der Waals surface area contributed by atoms with E-state index in [4.69, 9.17) is 9.47 Å². The van der Waals surface area contributed by atoms with Crippen LogP contribution in [0.2, 0.25) is 0 Å². The zero-order valence-electron chi connectivity index (χ0n) is 11.8. The molecule has 3 unspecified atom stereocenters. The molecule has 3 aliphatic rings. The Labute approximate surface area is 121 Å². The van der Waals surface area contributed by atoms with E-state index >= 15 is 0 Å². The van der Waals surface area contributed by atoms with Crippen LogP contribution in [0.4, 0.5) is 0 Å². The highest BCUT2D eigenvalue weighted by Crippen LogP contribution is 2.52. The van der Waals surface area contributed by atoms with Crippen LogP contribution in [0.3, 0.4) is 0 Å². The molecule has 2 aliphatic carbocycles. The van der Waals surface area contributed by atoms with Gasteiger partial charge in [-0.2, -0.15) is 0 Å². The molecule has 1 fully saturated rings. The van der Waals surface area contributed by atoms with Crippen LogP contribution in [0.15, 0.2) is 23.5 Å². The summed E-state index contributed by atoms with van der Waals surface area (Å²) >= 11 is 0. The van der Waals surface area contributed by atoms with Gasteiger partial charge >= 0.3 is 0 Å². The maximum absolute atomic E-state index is 5.65. The third-order valence-electron chi connectivity index (χ3n) is 4.92. The Hall–Kier alpha value is -0.510. The summed E-state index contributed by atoms with van der Waals surface area (Å²) in [7, 11) is 3.51. The topological polar surface area (TPSA) is 30.5 Å². The van der Waals surface area contributed by atoms with Gasteiger partial charge in [-0.3, -0.25) is 5.32 Å². The quantitative estimate of drug-likeness (QED) is 0.845. The van der Waals surface area contributed by atoms with Crippen molar-refractivity contribution in [2.45, 2.75) is 50.8 Å². The molecule has 0 bridgehead atoms. The van der Waals surface area contributed by atoms with Crippen LogP contribution in [-0.4, -0.2) is 26.5 Å². The van der Waals surface area contributed by atoms with Gasteiger partial charge in [-0.15, -0.1) is 12.4 Å². The van der Waals surface area contributed by atoms with Gasteiger partial charge < -0.3 is 9.47 Å². The summed E-state index contributed by atoms with van der Waals surface area (Å²) < 4.78 is 11.2. The largest absolute Gasteiger partial charge is 0.497 e. The van der Waals surface area contributed by atoms with Crippen molar-refractivity contribution in [1.82, 2.24) is 5.32 Å². The van der Waals surface area contributed by atoms with E-state index in [9.17, 15) is 0 Å². The molecule has 0 saturated heterocycles. The standard InChI is InChI=1S/C15H23NO2.ClH/c1-17-13-11-7-3-5-9-15(11)10-6-4-8-12(15)16-14(13)18-2;/h3,7,12,14,16H,4-6,8-10H2,1-2H3;1H. The van der Waals surface area contributed by atoms with Gasteiger partial charge in [0.05, 0.1) is 7.11 Å². The molecular weight excluding hydrogens is 262 g/mol. The highest BCUT2D eigenvalue weighted by Gasteiger charge is 2.49. The Kier molecular flexibility index (Phi) is 4.59. The first-order chi connectivity index (χ1) is 8.81. The molecule has 3 rings (SSSR count). The second-order valence-corrected chi connectivity index (χ2v) is 5.66. The van der Waals surface area contributed by atoms with Crippen LogP contribution in [0.1, 0.15) is 38.5 Å². The van der Waals surface area contributed by atoms with Crippen molar-refractivity contribution >= 4 is 12.4 Å². The van der Waals surface area contributed by atoms with Gasteiger partial charge in [-0.05, 0) is 25.7 Å². The summed E-state index contributed by atoms with van der Waals surface area (Å²) in [4.78, 5) is 0. The lowest BCUT2D eigenvalue weighted by Crippen LogP contribution is -2.57. The molecule has 4 heteroatoms.